The van der Waals surface area contributed by atoms with Crippen molar-refractivity contribution in [2.24, 2.45) is 0 Å². The quantitative estimate of drug-likeness (QED) is 0.0909. The number of nitrogens with one attached hydrogen (secondary N) is 8. The SMILES string of the molecule is C1CNCCN1.CNS(=O)(=O)c1ccc(F)cc1.CNS(=O)(=O)c1ccc(N2CCN(Cc3cnc4c(c3)NC(=O)[C@@H]3CCCN43)CC2)cc1.CNS(=O)(=O)c1ccc(N2CCNCC2)cc1.O=C1Nc2cc(CO)cnc2N2CCC[C@@H]12. The van der Waals surface area contributed by atoms with Crippen molar-refractivity contribution in [2.45, 2.75) is 65.6 Å². The predicted molar refractivity (Wildman–Crippen MR) is 319 cm³/mol. The Balaban J connectivity index is 0.000000149. The lowest BCUT2D eigenvalue weighted by Gasteiger charge is -2.36. The zero-order valence-corrected chi connectivity index (χ0v) is 49.4. The minimum Gasteiger partial charge on any atom is -0.392 e. The number of benzene rings is 3. The molecule has 0 aliphatic carbocycles. The molecule has 28 heteroatoms. The maximum absolute atomic E-state index is 12.4. The largest absolute Gasteiger partial charge is 0.392 e. The molecule has 24 nitrogen and oxygen atoms in total. The molecule has 5 aromatic rings. The van der Waals surface area contributed by atoms with Crippen LogP contribution in [-0.4, -0.2) is 182 Å². The number of pyridine rings is 2. The van der Waals surface area contributed by atoms with Crippen LogP contribution in [0.25, 0.3) is 0 Å². The van der Waals surface area contributed by atoms with E-state index in [1.54, 1.807) is 36.5 Å². The summed E-state index contributed by atoms with van der Waals surface area (Å²) >= 11 is 0. The highest BCUT2D eigenvalue weighted by molar-refractivity contribution is 7.90. The molecular weight excluding hydrogens is 1130 g/mol. The average molecular weight is 1210 g/mol. The van der Waals surface area contributed by atoms with Gasteiger partial charge in [0.25, 0.3) is 0 Å². The molecule has 0 unspecified atom stereocenters. The molecule has 450 valence electrons. The number of aliphatic hydroxyl groups is 1. The number of rotatable bonds is 11. The average Bonchev–Trinajstić information content (AvgIpc) is 4.43. The van der Waals surface area contributed by atoms with Gasteiger partial charge in [-0.2, -0.15) is 0 Å². The summed E-state index contributed by atoms with van der Waals surface area (Å²) in [4.78, 5) is 44.9. The normalized spacial score (nSPS) is 19.5. The Labute approximate surface area is 486 Å². The second kappa shape index (κ2) is 28.9. The van der Waals surface area contributed by atoms with Crippen LogP contribution in [0.5, 0.6) is 0 Å². The van der Waals surface area contributed by atoms with Gasteiger partial charge in [0.1, 0.15) is 17.9 Å². The van der Waals surface area contributed by atoms with Gasteiger partial charge < -0.3 is 51.3 Å². The van der Waals surface area contributed by atoms with Gasteiger partial charge in [0.2, 0.25) is 41.9 Å². The van der Waals surface area contributed by atoms with Crippen LogP contribution in [0, 0.1) is 5.82 Å². The summed E-state index contributed by atoms with van der Waals surface area (Å²) in [5, 5.41) is 24.6. The van der Waals surface area contributed by atoms with Gasteiger partial charge in [-0.15, -0.1) is 0 Å². The van der Waals surface area contributed by atoms with E-state index in [1.165, 1.54) is 33.3 Å². The van der Waals surface area contributed by atoms with Crippen LogP contribution in [0.2, 0.25) is 0 Å². The van der Waals surface area contributed by atoms with Gasteiger partial charge in [0, 0.05) is 122 Å². The Hall–Kier alpha value is -6.44. The number of carbonyl (C=O) groups excluding carboxylic acids is 2. The summed E-state index contributed by atoms with van der Waals surface area (Å²) < 4.78 is 88.2. The van der Waals surface area contributed by atoms with Gasteiger partial charge in [0.15, 0.2) is 11.6 Å². The van der Waals surface area contributed by atoms with E-state index in [2.05, 4.69) is 81.3 Å². The molecule has 5 fully saturated rings. The van der Waals surface area contributed by atoms with E-state index < -0.39 is 35.9 Å². The standard InChI is InChI=1S/C22H28N6O3S.C11H17N3O2S.C11H13N3O2.C7H8FNO2S.C4H10N2/c1-23-32(30,31)18-6-4-17(5-7-18)27-11-9-26(10-12-27)15-16-13-19-21(24-14-16)28-8-2-3-20(28)22(29)25-19;1-12-17(15,16)11-4-2-10(3-5-11)14-8-6-13-7-9-14;15-6-7-4-8-10(12-5-7)14-3-1-2-9(14)11(16)13-8;1-9-12(10,11)7-4-2-6(8)3-5-7;1-2-6-4-3-5-1/h4-7,13-14,20,23H,2-3,8-12,15H2,1H3,(H,25,29);2-5,12-13H,6-9H2,1H3;4-5,9,15H,1-3,6H2,(H,13,16);2-5,9H,1H3;5-6H,1-4H2/t20-;;9-;;/m0.0../s1. The predicted octanol–water partition coefficient (Wildman–Crippen LogP) is 1.64. The third-order valence-corrected chi connectivity index (χ3v) is 19.3. The van der Waals surface area contributed by atoms with Crippen LogP contribution in [-0.2, 0) is 52.8 Å². The van der Waals surface area contributed by atoms with Crippen LogP contribution in [0.15, 0.2) is 112 Å². The zero-order chi connectivity index (χ0) is 59.2. The Morgan fingerprint density at radius 2 is 0.916 bits per heavy atom. The van der Waals surface area contributed by atoms with Crippen molar-refractivity contribution in [1.82, 2.24) is 45.0 Å². The van der Waals surface area contributed by atoms with Gasteiger partial charge in [-0.25, -0.2) is 53.8 Å². The van der Waals surface area contributed by atoms with E-state index in [4.69, 9.17) is 5.11 Å². The highest BCUT2D eigenvalue weighted by Gasteiger charge is 2.38. The Morgan fingerprint density at radius 3 is 1.33 bits per heavy atom. The zero-order valence-electron chi connectivity index (χ0n) is 47.0. The van der Waals surface area contributed by atoms with Crippen LogP contribution in [0.4, 0.5) is 38.8 Å². The first-order chi connectivity index (χ1) is 39.9. The van der Waals surface area contributed by atoms with Gasteiger partial charge >= 0.3 is 0 Å². The summed E-state index contributed by atoms with van der Waals surface area (Å²) in [7, 11) is -6.04. The third kappa shape index (κ3) is 16.3. The number of hydrogen-bond acceptors (Lipinski definition) is 19. The van der Waals surface area contributed by atoms with Crippen molar-refractivity contribution >= 4 is 76.3 Å². The third-order valence-electron chi connectivity index (χ3n) is 15.0. The van der Waals surface area contributed by atoms with E-state index in [-0.39, 0.29) is 40.3 Å². The van der Waals surface area contributed by atoms with E-state index >= 15 is 0 Å². The number of aromatic nitrogens is 2. The van der Waals surface area contributed by atoms with Gasteiger partial charge in [-0.3, -0.25) is 14.5 Å². The van der Waals surface area contributed by atoms with Crippen LogP contribution >= 0.6 is 0 Å². The topological polar surface area (TPSA) is 295 Å². The minimum atomic E-state index is -3.43. The van der Waals surface area contributed by atoms with Crippen LogP contribution in [0.3, 0.4) is 0 Å². The molecule has 5 saturated heterocycles. The first-order valence-corrected chi connectivity index (χ1v) is 32.2. The lowest BCUT2D eigenvalue weighted by Crippen LogP contribution is -2.46. The molecule has 9 heterocycles. The summed E-state index contributed by atoms with van der Waals surface area (Å²) in [6.07, 6.45) is 7.44. The number of aliphatic hydroxyl groups excluding tert-OH is 1. The molecule has 2 atom stereocenters. The van der Waals surface area contributed by atoms with Crippen molar-refractivity contribution in [2.75, 3.05) is 143 Å². The molecule has 0 bridgehead atoms. The monoisotopic (exact) mass is 1210 g/mol. The maximum atomic E-state index is 12.4. The van der Waals surface area contributed by atoms with E-state index in [0.717, 1.165) is 181 Å². The number of halogens is 1. The molecule has 83 heavy (non-hydrogen) atoms. The summed E-state index contributed by atoms with van der Waals surface area (Å²) in [5.74, 6) is 1.40. The highest BCUT2D eigenvalue weighted by Crippen LogP contribution is 2.37. The fourth-order valence-corrected chi connectivity index (χ4v) is 12.6. The van der Waals surface area contributed by atoms with Crippen molar-refractivity contribution < 1.29 is 44.3 Å². The molecule has 9 N–H and O–H groups in total. The van der Waals surface area contributed by atoms with E-state index in [1.807, 2.05) is 30.5 Å². The molecule has 3 aromatic carbocycles. The van der Waals surface area contributed by atoms with Crippen molar-refractivity contribution in [3.05, 3.63) is 114 Å². The van der Waals surface area contributed by atoms with E-state index in [0.29, 0.717) is 4.90 Å². The number of carbonyl (C=O) groups is 2. The molecule has 0 saturated carbocycles. The molecule has 12 rings (SSSR count). The van der Waals surface area contributed by atoms with Gasteiger partial charge in [-0.05, 0) is 143 Å². The fraction of sp³-hybridized carbons (Fsp3) is 0.455. The first kappa shape index (κ1) is 62.6. The van der Waals surface area contributed by atoms with Crippen molar-refractivity contribution in [3.63, 3.8) is 0 Å². The summed E-state index contributed by atoms with van der Waals surface area (Å²) in [6, 6.07) is 22.4. The van der Waals surface area contributed by atoms with Gasteiger partial charge in [0.05, 0.1) is 32.7 Å². The molecule has 2 amide bonds. The van der Waals surface area contributed by atoms with Crippen LogP contribution < -0.4 is 60.3 Å². The second-order valence-corrected chi connectivity index (χ2v) is 26.0. The molecular formula is C55H76FN15O9S3. The number of nitrogens with zero attached hydrogens (tertiary/aromatic N) is 7. The Morgan fingerprint density at radius 1 is 0.530 bits per heavy atom. The fourth-order valence-electron chi connectivity index (χ4n) is 10.4. The van der Waals surface area contributed by atoms with Crippen molar-refractivity contribution in [3.8, 4) is 0 Å². The molecule has 2 aromatic heterocycles. The molecule has 7 aliphatic heterocycles. The number of fused-ring (bicyclic) bond motifs is 6. The highest BCUT2D eigenvalue weighted by atomic mass is 32.2. The summed E-state index contributed by atoms with van der Waals surface area (Å²) in [5.41, 5.74) is 5.45. The first-order valence-electron chi connectivity index (χ1n) is 27.8. The minimum absolute atomic E-state index is 0.0434. The second-order valence-electron chi connectivity index (χ2n) is 20.3. The number of sulfonamides is 3. The van der Waals surface area contributed by atoms with Crippen molar-refractivity contribution in [1.29, 1.82) is 0 Å². The number of anilines is 6. The van der Waals surface area contributed by atoms with E-state index in [9.17, 15) is 39.2 Å². The maximum Gasteiger partial charge on any atom is 0.247 e. The Bertz CT molecular complexity index is 3310. The summed E-state index contributed by atoms with van der Waals surface area (Å²) in [6.45, 7) is 14.4. The number of amides is 2. The lowest BCUT2D eigenvalue weighted by molar-refractivity contribution is -0.118. The van der Waals surface area contributed by atoms with Gasteiger partial charge in [-0.1, -0.05) is 0 Å². The number of hydrogen-bond donors (Lipinski definition) is 9. The van der Waals surface area contributed by atoms with Crippen LogP contribution in [0.1, 0.15) is 36.8 Å². The smallest absolute Gasteiger partial charge is 0.247 e. The lowest BCUT2D eigenvalue weighted by atomic mass is 10.1. The number of piperazine rings is 3. The Kier molecular flexibility index (Phi) is 21.8. The molecule has 7 aliphatic rings. The molecule has 0 spiro atoms. The molecule has 0 radical (unpaired) electrons.